The van der Waals surface area contributed by atoms with E-state index in [1.165, 1.54) is 6.33 Å². The van der Waals surface area contributed by atoms with Crippen LogP contribution in [0.2, 0.25) is 0 Å². The zero-order valence-corrected chi connectivity index (χ0v) is 17.3. The van der Waals surface area contributed by atoms with Gasteiger partial charge in [0.2, 0.25) is 5.91 Å². The Morgan fingerprint density at radius 2 is 1.96 bits per heavy atom. The molecular formula is C21H29N5O2. The Labute approximate surface area is 166 Å². The van der Waals surface area contributed by atoms with Crippen molar-refractivity contribution in [3.63, 3.8) is 0 Å². The lowest BCUT2D eigenvalue weighted by atomic mass is 10.1. The third-order valence-electron chi connectivity index (χ3n) is 4.53. The van der Waals surface area contributed by atoms with Gasteiger partial charge in [-0.25, -0.2) is 9.97 Å². The summed E-state index contributed by atoms with van der Waals surface area (Å²) in [7, 11) is 1.82. The standard InChI is InChI=1S/C21H29N5O2/c1-15-6-7-16(17(10-15)28-21(2,3)4)12-22-18-11-19(24-14-23-18)26-9-8-25(5)20(27)13-26/h6-7,10-11,14H,8-9,12-13H2,1-5H3,(H,22,23,24). The molecule has 7 nitrogen and oxygen atoms in total. The molecule has 2 aromatic rings. The minimum atomic E-state index is -0.265. The van der Waals surface area contributed by atoms with E-state index in [9.17, 15) is 4.79 Å². The minimum Gasteiger partial charge on any atom is -0.488 e. The van der Waals surface area contributed by atoms with Gasteiger partial charge in [0.05, 0.1) is 6.54 Å². The van der Waals surface area contributed by atoms with Crippen molar-refractivity contribution in [2.24, 2.45) is 0 Å². The second kappa shape index (κ2) is 8.04. The normalized spacial score (nSPS) is 15.0. The molecule has 1 amide bonds. The van der Waals surface area contributed by atoms with Crippen molar-refractivity contribution in [3.8, 4) is 5.75 Å². The lowest BCUT2D eigenvalue weighted by Crippen LogP contribution is -2.48. The summed E-state index contributed by atoms with van der Waals surface area (Å²) in [5.74, 6) is 2.45. The van der Waals surface area contributed by atoms with E-state index < -0.39 is 0 Å². The van der Waals surface area contributed by atoms with Gasteiger partial charge in [-0.2, -0.15) is 0 Å². The number of nitrogens with one attached hydrogen (secondary N) is 1. The highest BCUT2D eigenvalue weighted by Gasteiger charge is 2.22. The molecule has 1 N–H and O–H groups in total. The van der Waals surface area contributed by atoms with Crippen molar-refractivity contribution in [1.82, 2.24) is 14.9 Å². The summed E-state index contributed by atoms with van der Waals surface area (Å²) >= 11 is 0. The quantitative estimate of drug-likeness (QED) is 0.856. The van der Waals surface area contributed by atoms with Gasteiger partial charge in [0, 0.05) is 38.3 Å². The van der Waals surface area contributed by atoms with Crippen LogP contribution in [-0.4, -0.2) is 53.1 Å². The van der Waals surface area contributed by atoms with Crippen molar-refractivity contribution in [2.75, 3.05) is 36.9 Å². The van der Waals surface area contributed by atoms with Crippen LogP contribution in [0.25, 0.3) is 0 Å². The van der Waals surface area contributed by atoms with Crippen LogP contribution in [0.3, 0.4) is 0 Å². The minimum absolute atomic E-state index is 0.1000. The molecule has 1 fully saturated rings. The Kier molecular flexibility index (Phi) is 5.72. The van der Waals surface area contributed by atoms with E-state index in [2.05, 4.69) is 40.4 Å². The van der Waals surface area contributed by atoms with Gasteiger partial charge >= 0.3 is 0 Å². The summed E-state index contributed by atoms with van der Waals surface area (Å²) in [6, 6.07) is 8.10. The third kappa shape index (κ3) is 5.12. The van der Waals surface area contributed by atoms with Crippen molar-refractivity contribution >= 4 is 17.5 Å². The van der Waals surface area contributed by atoms with Crippen molar-refractivity contribution in [1.29, 1.82) is 0 Å². The summed E-state index contributed by atoms with van der Waals surface area (Å²) < 4.78 is 6.12. The number of benzene rings is 1. The van der Waals surface area contributed by atoms with Crippen LogP contribution in [0, 0.1) is 6.92 Å². The molecule has 1 saturated heterocycles. The molecule has 0 bridgehead atoms. The number of hydrogen-bond donors (Lipinski definition) is 1. The summed E-state index contributed by atoms with van der Waals surface area (Å²) in [5, 5.41) is 3.35. The molecule has 0 unspecified atom stereocenters. The fraction of sp³-hybridized carbons (Fsp3) is 0.476. The van der Waals surface area contributed by atoms with E-state index in [0.717, 1.165) is 35.1 Å². The number of nitrogens with zero attached hydrogens (tertiary/aromatic N) is 4. The van der Waals surface area contributed by atoms with Gasteiger partial charge in [-0.1, -0.05) is 12.1 Å². The molecule has 0 atom stereocenters. The molecule has 28 heavy (non-hydrogen) atoms. The lowest BCUT2D eigenvalue weighted by molar-refractivity contribution is -0.129. The fourth-order valence-electron chi connectivity index (χ4n) is 2.99. The first kappa shape index (κ1) is 19.9. The van der Waals surface area contributed by atoms with Crippen molar-refractivity contribution in [2.45, 2.75) is 39.8 Å². The van der Waals surface area contributed by atoms with Crippen LogP contribution >= 0.6 is 0 Å². The van der Waals surface area contributed by atoms with Crippen LogP contribution in [0.5, 0.6) is 5.75 Å². The second-order valence-electron chi connectivity index (χ2n) is 8.18. The number of aromatic nitrogens is 2. The number of anilines is 2. The Morgan fingerprint density at radius 3 is 2.68 bits per heavy atom. The van der Waals surface area contributed by atoms with E-state index >= 15 is 0 Å². The maximum absolute atomic E-state index is 12.0. The maximum Gasteiger partial charge on any atom is 0.241 e. The first-order chi connectivity index (χ1) is 13.2. The zero-order valence-electron chi connectivity index (χ0n) is 17.3. The predicted octanol–water partition coefficient (Wildman–Crippen LogP) is 2.85. The summed E-state index contributed by atoms with van der Waals surface area (Å²) in [6.07, 6.45) is 1.53. The molecule has 3 rings (SSSR count). The van der Waals surface area contributed by atoms with E-state index in [-0.39, 0.29) is 11.5 Å². The van der Waals surface area contributed by atoms with Crippen LogP contribution in [-0.2, 0) is 11.3 Å². The largest absolute Gasteiger partial charge is 0.488 e. The van der Waals surface area contributed by atoms with Gasteiger partial charge in [0.1, 0.15) is 29.3 Å². The Balaban J connectivity index is 1.71. The molecule has 150 valence electrons. The highest BCUT2D eigenvalue weighted by Crippen LogP contribution is 2.26. The SMILES string of the molecule is Cc1ccc(CNc2cc(N3CCN(C)C(=O)C3)ncn2)c(OC(C)(C)C)c1. The van der Waals surface area contributed by atoms with E-state index in [0.29, 0.717) is 19.6 Å². The number of carbonyl (C=O) groups is 1. The molecule has 2 heterocycles. The van der Waals surface area contributed by atoms with Crippen LogP contribution in [0.15, 0.2) is 30.6 Å². The third-order valence-corrected chi connectivity index (χ3v) is 4.53. The molecule has 0 radical (unpaired) electrons. The summed E-state index contributed by atoms with van der Waals surface area (Å²) in [4.78, 5) is 24.3. The highest BCUT2D eigenvalue weighted by molar-refractivity contribution is 5.82. The second-order valence-corrected chi connectivity index (χ2v) is 8.18. The number of aryl methyl sites for hydroxylation is 1. The van der Waals surface area contributed by atoms with Crippen molar-refractivity contribution < 1.29 is 9.53 Å². The van der Waals surface area contributed by atoms with Gasteiger partial charge in [0.15, 0.2) is 0 Å². The Bertz CT molecular complexity index is 847. The molecule has 1 aliphatic rings. The number of piperazine rings is 1. The van der Waals surface area contributed by atoms with Crippen molar-refractivity contribution in [3.05, 3.63) is 41.7 Å². The number of ether oxygens (including phenoxy) is 1. The van der Waals surface area contributed by atoms with E-state index in [4.69, 9.17) is 4.74 Å². The van der Waals surface area contributed by atoms with Gasteiger partial charge in [-0.15, -0.1) is 0 Å². The average molecular weight is 383 g/mol. The van der Waals surface area contributed by atoms with Gasteiger partial charge in [0.25, 0.3) is 0 Å². The fourth-order valence-corrected chi connectivity index (χ4v) is 2.99. The molecular weight excluding hydrogens is 354 g/mol. The van der Waals surface area contributed by atoms with E-state index in [1.54, 1.807) is 4.90 Å². The molecule has 1 aromatic heterocycles. The highest BCUT2D eigenvalue weighted by atomic mass is 16.5. The average Bonchev–Trinajstić information content (AvgIpc) is 2.62. The van der Waals surface area contributed by atoms with Crippen LogP contribution in [0.1, 0.15) is 31.9 Å². The lowest BCUT2D eigenvalue weighted by Gasteiger charge is -2.32. The summed E-state index contributed by atoms with van der Waals surface area (Å²) in [6.45, 7) is 10.6. The number of rotatable bonds is 5. The Hall–Kier alpha value is -2.83. The molecule has 0 aliphatic carbocycles. The first-order valence-electron chi connectivity index (χ1n) is 9.55. The molecule has 1 aromatic carbocycles. The van der Waals surface area contributed by atoms with Gasteiger partial charge in [-0.05, 0) is 39.3 Å². The summed E-state index contributed by atoms with van der Waals surface area (Å²) in [5.41, 5.74) is 1.96. The molecule has 0 spiro atoms. The number of likely N-dealkylation sites (N-methyl/N-ethyl adjacent to an activating group) is 1. The van der Waals surface area contributed by atoms with Crippen LogP contribution in [0.4, 0.5) is 11.6 Å². The topological polar surface area (TPSA) is 70.6 Å². The predicted molar refractivity (Wildman–Crippen MR) is 111 cm³/mol. The number of carbonyl (C=O) groups excluding carboxylic acids is 1. The van der Waals surface area contributed by atoms with Gasteiger partial charge in [-0.3, -0.25) is 4.79 Å². The van der Waals surface area contributed by atoms with E-state index in [1.807, 2.05) is 38.8 Å². The zero-order chi connectivity index (χ0) is 20.3. The molecule has 0 saturated carbocycles. The molecule has 7 heteroatoms. The van der Waals surface area contributed by atoms with Gasteiger partial charge < -0.3 is 19.9 Å². The van der Waals surface area contributed by atoms with Crippen LogP contribution < -0.4 is 15.0 Å². The first-order valence-corrected chi connectivity index (χ1v) is 9.55. The number of amides is 1. The number of hydrogen-bond acceptors (Lipinski definition) is 6. The maximum atomic E-state index is 12.0. The Morgan fingerprint density at radius 1 is 1.18 bits per heavy atom. The molecule has 1 aliphatic heterocycles. The monoisotopic (exact) mass is 383 g/mol. The smallest absolute Gasteiger partial charge is 0.241 e.